The third-order valence-corrected chi connectivity index (χ3v) is 10.7. The van der Waals surface area contributed by atoms with Gasteiger partial charge in [-0.25, -0.2) is 14.8 Å². The predicted molar refractivity (Wildman–Crippen MR) is 118 cm³/mol. The number of fused-ring (bicyclic) bond motifs is 1. The van der Waals surface area contributed by atoms with E-state index in [9.17, 15) is 9.90 Å². The Bertz CT molecular complexity index is 817. The van der Waals surface area contributed by atoms with E-state index in [0.717, 1.165) is 20.8 Å². The van der Waals surface area contributed by atoms with E-state index in [0.29, 0.717) is 19.7 Å². The summed E-state index contributed by atoms with van der Waals surface area (Å²) in [5.41, 5.74) is 4.58. The van der Waals surface area contributed by atoms with Gasteiger partial charge in [0.25, 0.3) is 0 Å². The van der Waals surface area contributed by atoms with Gasteiger partial charge >= 0.3 is 6.09 Å². The van der Waals surface area contributed by atoms with Crippen LogP contribution in [0.1, 0.15) is 38.3 Å². The number of hydrogen-bond acceptors (Lipinski definition) is 5. The summed E-state index contributed by atoms with van der Waals surface area (Å²) < 4.78 is 7.43. The van der Waals surface area contributed by atoms with Crippen LogP contribution in [0.5, 0.6) is 0 Å². The number of hydrogen-bond donors (Lipinski definition) is 2. The van der Waals surface area contributed by atoms with Crippen LogP contribution < -0.4 is 5.43 Å². The van der Waals surface area contributed by atoms with Gasteiger partial charge < -0.3 is 9.53 Å². The molecule has 1 atom stereocenters. The summed E-state index contributed by atoms with van der Waals surface area (Å²) in [6.45, 7) is 16.9. The molecule has 156 valence electrons. The minimum Gasteiger partial charge on any atom is -0.464 e. The fraction of sp³-hybridized carbons (Fsp3) is 0.600. The van der Waals surface area contributed by atoms with Gasteiger partial charge in [0.2, 0.25) is 0 Å². The molecule has 8 heteroatoms. The van der Waals surface area contributed by atoms with Crippen LogP contribution in [0.3, 0.4) is 0 Å². The molecule has 0 saturated carbocycles. The molecule has 0 aliphatic heterocycles. The van der Waals surface area contributed by atoms with Crippen molar-refractivity contribution < 1.29 is 14.3 Å². The van der Waals surface area contributed by atoms with Crippen molar-refractivity contribution in [1.82, 2.24) is 15.4 Å². The second-order valence-corrected chi connectivity index (χ2v) is 15.1. The second-order valence-electron chi connectivity index (χ2n) is 9.01. The van der Waals surface area contributed by atoms with Gasteiger partial charge in [-0.05, 0) is 48.7 Å². The van der Waals surface area contributed by atoms with Gasteiger partial charge in [-0.2, -0.15) is 0 Å². The maximum atomic E-state index is 11.3. The fourth-order valence-corrected chi connectivity index (χ4v) is 4.71. The van der Waals surface area contributed by atoms with Crippen LogP contribution in [0.4, 0.5) is 4.79 Å². The molecule has 2 rings (SSSR count). The van der Waals surface area contributed by atoms with Crippen LogP contribution >= 0.6 is 11.3 Å². The van der Waals surface area contributed by atoms with Crippen molar-refractivity contribution in [2.75, 3.05) is 13.2 Å². The van der Waals surface area contributed by atoms with E-state index in [1.54, 1.807) is 16.3 Å². The van der Waals surface area contributed by atoms with E-state index in [4.69, 9.17) is 4.43 Å². The Hall–Kier alpha value is -1.48. The molecule has 0 spiro atoms. The zero-order valence-electron chi connectivity index (χ0n) is 18.0. The number of amides is 1. The molecular formula is C20H33N3O3SSi. The molecule has 2 aromatic rings. The molecule has 0 fully saturated rings. The summed E-state index contributed by atoms with van der Waals surface area (Å²) in [6.07, 6.45) is -1.05. The van der Waals surface area contributed by atoms with Gasteiger partial charge in [0.15, 0.2) is 8.32 Å². The smallest absolute Gasteiger partial charge is 0.419 e. The van der Waals surface area contributed by atoms with Crippen molar-refractivity contribution in [2.45, 2.75) is 59.3 Å². The van der Waals surface area contributed by atoms with E-state index in [2.05, 4.69) is 57.3 Å². The lowest BCUT2D eigenvalue weighted by Gasteiger charge is -2.37. The van der Waals surface area contributed by atoms with Crippen molar-refractivity contribution in [3.63, 3.8) is 0 Å². The SMILES string of the molecule is Cc1nc2ccc(CN(CC(C)CO[Si](C)(C)C(C)(C)C)NC(=O)O)cc2s1. The number of thiazole rings is 1. The predicted octanol–water partition coefficient (Wildman–Crippen LogP) is 5.25. The topological polar surface area (TPSA) is 74.7 Å². The zero-order chi connectivity index (χ0) is 21.1. The minimum absolute atomic E-state index is 0.161. The molecule has 1 aromatic carbocycles. The molecule has 0 aliphatic carbocycles. The van der Waals surface area contributed by atoms with Crippen molar-refractivity contribution in [1.29, 1.82) is 0 Å². The van der Waals surface area contributed by atoms with Gasteiger partial charge in [0, 0.05) is 19.7 Å². The Morgan fingerprint density at radius 1 is 1.39 bits per heavy atom. The van der Waals surface area contributed by atoms with Gasteiger partial charge in [-0.15, -0.1) is 11.3 Å². The Kier molecular flexibility index (Phi) is 7.25. The lowest BCUT2D eigenvalue weighted by Crippen LogP contribution is -2.46. The van der Waals surface area contributed by atoms with Crippen molar-refractivity contribution >= 4 is 36.0 Å². The standard InChI is InChI=1S/C20H33N3O3SSi/c1-14(13-26-28(6,7)20(3,4)5)11-23(22-19(24)25)12-16-8-9-17-18(10-16)27-15(2)21-17/h8-10,14,22H,11-13H2,1-7H3,(H,24,25). The molecule has 6 nitrogen and oxygen atoms in total. The van der Waals surface area contributed by atoms with E-state index >= 15 is 0 Å². The molecule has 0 saturated heterocycles. The van der Waals surface area contributed by atoms with Crippen LogP contribution in [-0.4, -0.2) is 42.7 Å². The fourth-order valence-electron chi connectivity index (χ4n) is 2.68. The molecule has 1 aromatic heterocycles. The molecule has 1 heterocycles. The lowest BCUT2D eigenvalue weighted by atomic mass is 10.1. The summed E-state index contributed by atoms with van der Waals surface area (Å²) in [5.74, 6) is 0.204. The third-order valence-electron chi connectivity index (χ3n) is 5.25. The summed E-state index contributed by atoms with van der Waals surface area (Å²) in [4.78, 5) is 15.7. The number of carbonyl (C=O) groups is 1. The first kappa shape index (κ1) is 22.8. The number of nitrogens with zero attached hydrogens (tertiary/aromatic N) is 2. The highest BCUT2D eigenvalue weighted by Gasteiger charge is 2.37. The highest BCUT2D eigenvalue weighted by atomic mass is 32.1. The first-order valence-corrected chi connectivity index (χ1v) is 13.3. The molecule has 1 unspecified atom stereocenters. The van der Waals surface area contributed by atoms with Gasteiger partial charge in [0.05, 0.1) is 15.2 Å². The zero-order valence-corrected chi connectivity index (χ0v) is 19.8. The molecule has 0 radical (unpaired) electrons. The lowest BCUT2D eigenvalue weighted by molar-refractivity contribution is 0.109. The van der Waals surface area contributed by atoms with E-state index < -0.39 is 14.4 Å². The average Bonchev–Trinajstić information content (AvgIpc) is 2.90. The number of aryl methyl sites for hydroxylation is 1. The number of rotatable bonds is 8. The highest BCUT2D eigenvalue weighted by molar-refractivity contribution is 7.18. The average molecular weight is 424 g/mol. The van der Waals surface area contributed by atoms with Crippen LogP contribution in [0.2, 0.25) is 18.1 Å². The Morgan fingerprint density at radius 3 is 2.68 bits per heavy atom. The summed E-state index contributed by atoms with van der Waals surface area (Å²) in [5, 5.41) is 12.2. The van der Waals surface area contributed by atoms with Crippen LogP contribution in [0.15, 0.2) is 18.2 Å². The highest BCUT2D eigenvalue weighted by Crippen LogP contribution is 2.36. The number of hydrazine groups is 1. The van der Waals surface area contributed by atoms with Crippen molar-refractivity contribution in [2.24, 2.45) is 5.92 Å². The maximum absolute atomic E-state index is 11.3. The monoisotopic (exact) mass is 423 g/mol. The van der Waals surface area contributed by atoms with Crippen LogP contribution in [0.25, 0.3) is 10.2 Å². The molecule has 1 amide bonds. The Morgan fingerprint density at radius 2 is 2.07 bits per heavy atom. The molecule has 2 N–H and O–H groups in total. The molecule has 28 heavy (non-hydrogen) atoms. The normalized spacial score (nSPS) is 13.9. The summed E-state index contributed by atoms with van der Waals surface area (Å²) in [6, 6.07) is 6.10. The van der Waals surface area contributed by atoms with Crippen LogP contribution in [0, 0.1) is 12.8 Å². The molecular weight excluding hydrogens is 390 g/mol. The van der Waals surface area contributed by atoms with Gasteiger partial charge in [-0.1, -0.05) is 33.8 Å². The minimum atomic E-state index is -1.81. The largest absolute Gasteiger partial charge is 0.464 e. The first-order chi connectivity index (χ1) is 12.9. The number of carboxylic acid groups (broad SMARTS) is 1. The number of aromatic nitrogens is 1. The summed E-state index contributed by atoms with van der Waals surface area (Å²) in [7, 11) is -1.81. The van der Waals surface area contributed by atoms with Crippen molar-refractivity contribution in [3.05, 3.63) is 28.8 Å². The number of benzene rings is 1. The maximum Gasteiger partial charge on any atom is 0.419 e. The quantitative estimate of drug-likeness (QED) is 0.448. The van der Waals surface area contributed by atoms with Gasteiger partial charge in [-0.3, -0.25) is 5.43 Å². The molecule has 0 bridgehead atoms. The number of nitrogens with one attached hydrogen (secondary N) is 1. The second kappa shape index (κ2) is 8.90. The Balaban J connectivity index is 2.02. The Labute approximate surface area is 173 Å². The van der Waals surface area contributed by atoms with Crippen LogP contribution in [-0.2, 0) is 11.0 Å². The summed E-state index contributed by atoms with van der Waals surface area (Å²) >= 11 is 1.65. The van der Waals surface area contributed by atoms with E-state index in [1.807, 2.05) is 19.1 Å². The van der Waals surface area contributed by atoms with Crippen molar-refractivity contribution in [3.8, 4) is 0 Å². The van der Waals surface area contributed by atoms with Gasteiger partial charge in [0.1, 0.15) is 0 Å². The molecule has 0 aliphatic rings. The van der Waals surface area contributed by atoms with E-state index in [1.165, 1.54) is 0 Å². The first-order valence-electron chi connectivity index (χ1n) is 9.62. The third kappa shape index (κ3) is 6.27. The van der Waals surface area contributed by atoms with E-state index in [-0.39, 0.29) is 11.0 Å².